The van der Waals surface area contributed by atoms with Gasteiger partial charge in [-0.25, -0.2) is 4.98 Å². The molecule has 0 spiro atoms. The van der Waals surface area contributed by atoms with Crippen molar-refractivity contribution in [3.8, 4) is 0 Å². The van der Waals surface area contributed by atoms with Crippen LogP contribution in [0.25, 0.3) is 0 Å². The first-order chi connectivity index (χ1) is 8.85. The first-order valence-corrected chi connectivity index (χ1v) is 7.17. The quantitative estimate of drug-likeness (QED) is 0.889. The highest BCUT2D eigenvalue weighted by molar-refractivity contribution is 5.44. The van der Waals surface area contributed by atoms with Crippen LogP contribution in [0.1, 0.15) is 46.0 Å². The molecule has 1 saturated heterocycles. The van der Waals surface area contributed by atoms with Crippen LogP contribution in [0.4, 0.5) is 11.6 Å². The van der Waals surface area contributed by atoms with Crippen LogP contribution < -0.4 is 10.2 Å². The SMILES string of the molecule is CCNc1cncc(N2CCCCCC2CC)n1. The highest BCUT2D eigenvalue weighted by atomic mass is 15.2. The number of nitrogens with zero attached hydrogens (tertiary/aromatic N) is 3. The van der Waals surface area contributed by atoms with Gasteiger partial charge in [-0.1, -0.05) is 19.8 Å². The maximum atomic E-state index is 4.68. The number of hydrogen-bond acceptors (Lipinski definition) is 4. The van der Waals surface area contributed by atoms with E-state index in [9.17, 15) is 0 Å². The Morgan fingerprint density at radius 2 is 2.17 bits per heavy atom. The van der Waals surface area contributed by atoms with Crippen molar-refractivity contribution in [3.63, 3.8) is 0 Å². The number of nitrogens with one attached hydrogen (secondary N) is 1. The van der Waals surface area contributed by atoms with Crippen LogP contribution in [0, 0.1) is 0 Å². The monoisotopic (exact) mass is 248 g/mol. The highest BCUT2D eigenvalue weighted by Crippen LogP contribution is 2.24. The van der Waals surface area contributed by atoms with E-state index in [-0.39, 0.29) is 0 Å². The molecule has 0 saturated carbocycles. The Kier molecular flexibility index (Phi) is 4.79. The van der Waals surface area contributed by atoms with Crippen LogP contribution in [0.2, 0.25) is 0 Å². The second-order valence-electron chi connectivity index (χ2n) is 4.90. The van der Waals surface area contributed by atoms with E-state index < -0.39 is 0 Å². The highest BCUT2D eigenvalue weighted by Gasteiger charge is 2.21. The van der Waals surface area contributed by atoms with Crippen molar-refractivity contribution < 1.29 is 0 Å². The Bertz CT molecular complexity index is 367. The van der Waals surface area contributed by atoms with Gasteiger partial charge in [0.1, 0.15) is 11.6 Å². The fourth-order valence-corrected chi connectivity index (χ4v) is 2.66. The van der Waals surface area contributed by atoms with E-state index in [1.54, 1.807) is 6.20 Å². The molecule has 1 aromatic heterocycles. The summed E-state index contributed by atoms with van der Waals surface area (Å²) in [5.74, 6) is 1.91. The molecule has 1 atom stereocenters. The molecule has 0 amide bonds. The molecular weight excluding hydrogens is 224 g/mol. The average Bonchev–Trinajstić information content (AvgIpc) is 2.64. The molecule has 0 bridgehead atoms. The Morgan fingerprint density at radius 3 is 2.94 bits per heavy atom. The van der Waals surface area contributed by atoms with E-state index >= 15 is 0 Å². The molecule has 4 heteroatoms. The Balaban J connectivity index is 2.18. The van der Waals surface area contributed by atoms with Crippen LogP contribution in [0.5, 0.6) is 0 Å². The van der Waals surface area contributed by atoms with Crippen molar-refractivity contribution in [2.75, 3.05) is 23.3 Å². The summed E-state index contributed by atoms with van der Waals surface area (Å²) in [4.78, 5) is 11.4. The topological polar surface area (TPSA) is 41.1 Å². The van der Waals surface area contributed by atoms with Crippen LogP contribution in [-0.4, -0.2) is 29.1 Å². The molecule has 2 heterocycles. The van der Waals surface area contributed by atoms with Crippen molar-refractivity contribution in [1.82, 2.24) is 9.97 Å². The molecule has 1 N–H and O–H groups in total. The zero-order chi connectivity index (χ0) is 12.8. The number of aromatic nitrogens is 2. The molecule has 4 nitrogen and oxygen atoms in total. The van der Waals surface area contributed by atoms with Gasteiger partial charge >= 0.3 is 0 Å². The van der Waals surface area contributed by atoms with Crippen LogP contribution >= 0.6 is 0 Å². The summed E-state index contributed by atoms with van der Waals surface area (Å²) >= 11 is 0. The normalized spacial score (nSPS) is 20.6. The molecule has 1 fully saturated rings. The van der Waals surface area contributed by atoms with E-state index in [1.807, 2.05) is 6.20 Å². The first kappa shape index (κ1) is 13.1. The lowest BCUT2D eigenvalue weighted by Crippen LogP contribution is -2.35. The molecule has 0 aliphatic carbocycles. The molecular formula is C14H24N4. The minimum atomic E-state index is 0.624. The lowest BCUT2D eigenvalue weighted by Gasteiger charge is -2.30. The standard InChI is InChI=1S/C14H24N4/c1-3-12-8-6-5-7-9-18(12)14-11-15-10-13(17-14)16-4-2/h10-12H,3-9H2,1-2H3,(H,16,17). The van der Waals surface area contributed by atoms with Crippen molar-refractivity contribution in [2.24, 2.45) is 0 Å². The number of rotatable bonds is 4. The third kappa shape index (κ3) is 3.12. The minimum Gasteiger partial charge on any atom is -0.369 e. The summed E-state index contributed by atoms with van der Waals surface area (Å²) in [5.41, 5.74) is 0. The molecule has 100 valence electrons. The second kappa shape index (κ2) is 6.57. The van der Waals surface area contributed by atoms with Gasteiger partial charge in [0, 0.05) is 19.1 Å². The Labute approximate surface area is 110 Å². The smallest absolute Gasteiger partial charge is 0.149 e. The fourth-order valence-electron chi connectivity index (χ4n) is 2.66. The van der Waals surface area contributed by atoms with E-state index in [2.05, 4.69) is 34.0 Å². The molecule has 1 aromatic rings. The zero-order valence-corrected chi connectivity index (χ0v) is 11.5. The van der Waals surface area contributed by atoms with Gasteiger partial charge in [-0.15, -0.1) is 0 Å². The summed E-state index contributed by atoms with van der Waals surface area (Å²) in [6.07, 6.45) is 10.1. The van der Waals surface area contributed by atoms with Gasteiger partial charge < -0.3 is 10.2 Å². The van der Waals surface area contributed by atoms with Gasteiger partial charge in [0.2, 0.25) is 0 Å². The molecule has 18 heavy (non-hydrogen) atoms. The van der Waals surface area contributed by atoms with Gasteiger partial charge in [0.05, 0.1) is 12.4 Å². The van der Waals surface area contributed by atoms with Gasteiger partial charge in [0.15, 0.2) is 0 Å². The molecule has 1 aliphatic heterocycles. The molecule has 2 rings (SSSR count). The maximum Gasteiger partial charge on any atom is 0.149 e. The summed E-state index contributed by atoms with van der Waals surface area (Å²) in [7, 11) is 0. The van der Waals surface area contributed by atoms with E-state index in [0.717, 1.165) is 24.7 Å². The zero-order valence-electron chi connectivity index (χ0n) is 11.5. The number of hydrogen-bond donors (Lipinski definition) is 1. The van der Waals surface area contributed by atoms with Crippen LogP contribution in [0.15, 0.2) is 12.4 Å². The lowest BCUT2D eigenvalue weighted by molar-refractivity contribution is 0.552. The predicted molar refractivity (Wildman–Crippen MR) is 76.1 cm³/mol. The van der Waals surface area contributed by atoms with Gasteiger partial charge in [-0.2, -0.15) is 0 Å². The maximum absolute atomic E-state index is 4.68. The summed E-state index contributed by atoms with van der Waals surface area (Å²) in [6, 6.07) is 0.624. The molecule has 0 aromatic carbocycles. The molecule has 1 aliphatic rings. The molecule has 1 unspecified atom stereocenters. The second-order valence-corrected chi connectivity index (χ2v) is 4.90. The summed E-state index contributed by atoms with van der Waals surface area (Å²) in [6.45, 7) is 6.35. The third-order valence-electron chi connectivity index (χ3n) is 3.62. The van der Waals surface area contributed by atoms with E-state index in [4.69, 9.17) is 0 Å². The Morgan fingerprint density at radius 1 is 1.28 bits per heavy atom. The predicted octanol–water partition coefficient (Wildman–Crippen LogP) is 3.07. The largest absolute Gasteiger partial charge is 0.369 e. The van der Waals surface area contributed by atoms with Crippen LogP contribution in [0.3, 0.4) is 0 Å². The average molecular weight is 248 g/mol. The van der Waals surface area contributed by atoms with Crippen molar-refractivity contribution in [1.29, 1.82) is 0 Å². The van der Waals surface area contributed by atoms with Gasteiger partial charge in [-0.3, -0.25) is 4.98 Å². The Hall–Kier alpha value is -1.32. The summed E-state index contributed by atoms with van der Waals surface area (Å²) < 4.78 is 0. The minimum absolute atomic E-state index is 0.624. The van der Waals surface area contributed by atoms with E-state index in [0.29, 0.717) is 6.04 Å². The van der Waals surface area contributed by atoms with Gasteiger partial charge in [0.25, 0.3) is 0 Å². The molecule has 0 radical (unpaired) electrons. The summed E-state index contributed by atoms with van der Waals surface area (Å²) in [5, 5.41) is 3.24. The first-order valence-electron chi connectivity index (χ1n) is 7.17. The third-order valence-corrected chi connectivity index (χ3v) is 3.62. The van der Waals surface area contributed by atoms with Gasteiger partial charge in [-0.05, 0) is 26.2 Å². The van der Waals surface area contributed by atoms with Crippen molar-refractivity contribution in [2.45, 2.75) is 52.0 Å². The number of anilines is 2. The fraction of sp³-hybridized carbons (Fsp3) is 0.714. The van der Waals surface area contributed by atoms with Crippen LogP contribution in [-0.2, 0) is 0 Å². The van der Waals surface area contributed by atoms with Crippen molar-refractivity contribution in [3.05, 3.63) is 12.4 Å². The van der Waals surface area contributed by atoms with E-state index in [1.165, 1.54) is 32.1 Å². The van der Waals surface area contributed by atoms with Crippen molar-refractivity contribution >= 4 is 11.6 Å². The lowest BCUT2D eigenvalue weighted by atomic mass is 10.1.